The van der Waals surface area contributed by atoms with E-state index in [9.17, 15) is 4.79 Å². The first kappa shape index (κ1) is 15.6. The van der Waals surface area contributed by atoms with E-state index in [2.05, 4.69) is 19.2 Å². The Bertz CT molecular complexity index is 504. The summed E-state index contributed by atoms with van der Waals surface area (Å²) in [5.41, 5.74) is 0.861. The van der Waals surface area contributed by atoms with Crippen LogP contribution in [0.15, 0.2) is 18.2 Å². The minimum atomic E-state index is 0.127. The first-order valence-electron chi connectivity index (χ1n) is 7.30. The lowest BCUT2D eigenvalue weighted by molar-refractivity contribution is -0.134. The molecule has 2 unspecified atom stereocenters. The van der Waals surface area contributed by atoms with Crippen LogP contribution in [0.2, 0.25) is 0 Å². The number of carbonyl (C=O) groups excluding carboxylic acids is 1. The van der Waals surface area contributed by atoms with E-state index in [0.717, 1.165) is 30.2 Å². The van der Waals surface area contributed by atoms with Crippen LogP contribution in [0.5, 0.6) is 11.5 Å². The van der Waals surface area contributed by atoms with E-state index in [1.165, 1.54) is 0 Å². The molecule has 1 aromatic rings. The second kappa shape index (κ2) is 6.80. The number of hydrogen-bond donors (Lipinski definition) is 1. The van der Waals surface area contributed by atoms with Gasteiger partial charge in [-0.15, -0.1) is 0 Å². The molecule has 116 valence electrons. The fraction of sp³-hybridized carbons (Fsp3) is 0.562. The van der Waals surface area contributed by atoms with Crippen LogP contribution in [0.4, 0.5) is 0 Å². The SMILES string of the molecule is COc1ccc(OC)c(CC(=O)N2CCNC(C)C2C)c1. The van der Waals surface area contributed by atoms with Crippen molar-refractivity contribution in [1.29, 1.82) is 0 Å². The highest BCUT2D eigenvalue weighted by atomic mass is 16.5. The van der Waals surface area contributed by atoms with Crippen molar-refractivity contribution in [2.75, 3.05) is 27.3 Å². The molecular formula is C16H24N2O3. The molecule has 2 rings (SSSR count). The molecule has 1 aliphatic rings. The number of rotatable bonds is 4. The Morgan fingerprint density at radius 2 is 2.10 bits per heavy atom. The van der Waals surface area contributed by atoms with Crippen molar-refractivity contribution >= 4 is 5.91 Å². The molecule has 1 aliphatic heterocycles. The molecule has 1 saturated heterocycles. The Morgan fingerprint density at radius 1 is 1.33 bits per heavy atom. The Hall–Kier alpha value is -1.75. The fourth-order valence-corrected chi connectivity index (χ4v) is 2.69. The standard InChI is InChI=1S/C16H24N2O3/c1-11-12(2)18(8-7-17-11)16(19)10-13-9-14(20-3)5-6-15(13)21-4/h5-6,9,11-12,17H,7-8,10H2,1-4H3. The number of hydrogen-bond acceptors (Lipinski definition) is 4. The van der Waals surface area contributed by atoms with Gasteiger partial charge in [0.15, 0.2) is 0 Å². The zero-order valence-electron chi connectivity index (χ0n) is 13.2. The Balaban J connectivity index is 2.15. The van der Waals surface area contributed by atoms with Crippen molar-refractivity contribution in [2.24, 2.45) is 0 Å². The second-order valence-corrected chi connectivity index (χ2v) is 5.43. The summed E-state index contributed by atoms with van der Waals surface area (Å²) in [7, 11) is 3.23. The summed E-state index contributed by atoms with van der Waals surface area (Å²) < 4.78 is 10.6. The first-order chi connectivity index (χ1) is 10.1. The van der Waals surface area contributed by atoms with E-state index < -0.39 is 0 Å². The largest absolute Gasteiger partial charge is 0.497 e. The van der Waals surface area contributed by atoms with Crippen molar-refractivity contribution in [3.05, 3.63) is 23.8 Å². The van der Waals surface area contributed by atoms with Gasteiger partial charge in [-0.3, -0.25) is 4.79 Å². The van der Waals surface area contributed by atoms with Crippen molar-refractivity contribution in [1.82, 2.24) is 10.2 Å². The zero-order chi connectivity index (χ0) is 15.4. The molecule has 0 radical (unpaired) electrons. The molecule has 1 N–H and O–H groups in total. The van der Waals surface area contributed by atoms with Gasteiger partial charge in [-0.25, -0.2) is 0 Å². The maximum atomic E-state index is 12.6. The van der Waals surface area contributed by atoms with Crippen LogP contribution in [0, 0.1) is 0 Å². The molecule has 5 nitrogen and oxygen atoms in total. The highest BCUT2D eigenvalue weighted by molar-refractivity contribution is 5.80. The van der Waals surface area contributed by atoms with Gasteiger partial charge in [-0.1, -0.05) is 0 Å². The Kier molecular flexibility index (Phi) is 5.07. The molecular weight excluding hydrogens is 268 g/mol. The third-order valence-electron chi connectivity index (χ3n) is 4.18. The predicted molar refractivity (Wildman–Crippen MR) is 81.9 cm³/mol. The summed E-state index contributed by atoms with van der Waals surface area (Å²) in [6, 6.07) is 6.05. The highest BCUT2D eigenvalue weighted by Gasteiger charge is 2.28. The molecule has 5 heteroatoms. The van der Waals surface area contributed by atoms with Gasteiger partial charge in [0.1, 0.15) is 11.5 Å². The van der Waals surface area contributed by atoms with E-state index in [1.54, 1.807) is 14.2 Å². The van der Waals surface area contributed by atoms with Crippen LogP contribution in [-0.2, 0) is 11.2 Å². The Labute approximate surface area is 126 Å². The van der Waals surface area contributed by atoms with Crippen LogP contribution < -0.4 is 14.8 Å². The molecule has 21 heavy (non-hydrogen) atoms. The summed E-state index contributed by atoms with van der Waals surface area (Å²) in [5.74, 6) is 1.59. The predicted octanol–water partition coefficient (Wildman–Crippen LogP) is 1.46. The van der Waals surface area contributed by atoms with Gasteiger partial charge in [-0.05, 0) is 32.0 Å². The van der Waals surface area contributed by atoms with Crippen LogP contribution in [-0.4, -0.2) is 50.2 Å². The van der Waals surface area contributed by atoms with Crippen LogP contribution in [0.1, 0.15) is 19.4 Å². The number of ether oxygens (including phenoxy) is 2. The van der Waals surface area contributed by atoms with Crippen molar-refractivity contribution in [2.45, 2.75) is 32.4 Å². The topological polar surface area (TPSA) is 50.8 Å². The van der Waals surface area contributed by atoms with Gasteiger partial charge in [0.2, 0.25) is 5.91 Å². The number of benzene rings is 1. The van der Waals surface area contributed by atoms with E-state index in [4.69, 9.17) is 9.47 Å². The number of nitrogens with zero attached hydrogens (tertiary/aromatic N) is 1. The third kappa shape index (κ3) is 3.47. The molecule has 0 bridgehead atoms. The number of nitrogens with one attached hydrogen (secondary N) is 1. The van der Waals surface area contributed by atoms with E-state index in [0.29, 0.717) is 12.5 Å². The molecule has 0 spiro atoms. The maximum absolute atomic E-state index is 12.6. The number of amides is 1. The first-order valence-corrected chi connectivity index (χ1v) is 7.30. The van der Waals surface area contributed by atoms with Crippen LogP contribution in [0.25, 0.3) is 0 Å². The molecule has 2 atom stereocenters. The number of carbonyl (C=O) groups is 1. The molecule has 0 saturated carbocycles. The molecule has 0 aromatic heterocycles. The minimum absolute atomic E-state index is 0.127. The lowest BCUT2D eigenvalue weighted by atomic mass is 10.0. The lowest BCUT2D eigenvalue weighted by Gasteiger charge is -2.38. The second-order valence-electron chi connectivity index (χ2n) is 5.43. The van der Waals surface area contributed by atoms with Crippen LogP contribution >= 0.6 is 0 Å². The zero-order valence-corrected chi connectivity index (χ0v) is 13.2. The van der Waals surface area contributed by atoms with Crippen LogP contribution in [0.3, 0.4) is 0 Å². The number of piperazine rings is 1. The van der Waals surface area contributed by atoms with Gasteiger partial charge in [0.05, 0.1) is 20.6 Å². The Morgan fingerprint density at radius 3 is 2.76 bits per heavy atom. The summed E-state index contributed by atoms with van der Waals surface area (Å²) >= 11 is 0. The summed E-state index contributed by atoms with van der Waals surface area (Å²) in [6.07, 6.45) is 0.331. The average molecular weight is 292 g/mol. The van der Waals surface area contributed by atoms with Gasteiger partial charge >= 0.3 is 0 Å². The average Bonchev–Trinajstić information content (AvgIpc) is 2.49. The van der Waals surface area contributed by atoms with E-state index >= 15 is 0 Å². The van der Waals surface area contributed by atoms with Gasteiger partial charge in [0, 0.05) is 30.7 Å². The number of methoxy groups -OCH3 is 2. The summed E-state index contributed by atoms with van der Waals surface area (Å²) in [4.78, 5) is 14.5. The van der Waals surface area contributed by atoms with Gasteiger partial charge < -0.3 is 19.7 Å². The lowest BCUT2D eigenvalue weighted by Crippen LogP contribution is -2.57. The van der Waals surface area contributed by atoms with E-state index in [1.807, 2.05) is 23.1 Å². The monoisotopic (exact) mass is 292 g/mol. The fourth-order valence-electron chi connectivity index (χ4n) is 2.69. The minimum Gasteiger partial charge on any atom is -0.497 e. The summed E-state index contributed by atoms with van der Waals surface area (Å²) in [5, 5.41) is 3.38. The normalized spacial score (nSPS) is 22.0. The van der Waals surface area contributed by atoms with Crippen molar-refractivity contribution < 1.29 is 14.3 Å². The van der Waals surface area contributed by atoms with Gasteiger partial charge in [-0.2, -0.15) is 0 Å². The maximum Gasteiger partial charge on any atom is 0.227 e. The summed E-state index contributed by atoms with van der Waals surface area (Å²) in [6.45, 7) is 5.77. The molecule has 1 heterocycles. The van der Waals surface area contributed by atoms with Crippen molar-refractivity contribution in [3.63, 3.8) is 0 Å². The quantitative estimate of drug-likeness (QED) is 0.913. The van der Waals surface area contributed by atoms with Crippen molar-refractivity contribution in [3.8, 4) is 11.5 Å². The highest BCUT2D eigenvalue weighted by Crippen LogP contribution is 2.25. The molecule has 1 aromatic carbocycles. The van der Waals surface area contributed by atoms with E-state index in [-0.39, 0.29) is 11.9 Å². The van der Waals surface area contributed by atoms with Gasteiger partial charge in [0.25, 0.3) is 0 Å². The molecule has 0 aliphatic carbocycles. The third-order valence-corrected chi connectivity index (χ3v) is 4.18. The molecule has 1 amide bonds. The molecule has 1 fully saturated rings. The smallest absolute Gasteiger partial charge is 0.227 e.